The van der Waals surface area contributed by atoms with Gasteiger partial charge >= 0.3 is 0 Å². The van der Waals surface area contributed by atoms with E-state index in [2.05, 4.69) is 4.99 Å². The van der Waals surface area contributed by atoms with Crippen molar-refractivity contribution < 1.29 is 17.6 Å². The van der Waals surface area contributed by atoms with E-state index in [9.17, 15) is 17.6 Å². The largest absolute Gasteiger partial charge is 0.342 e. The first-order valence-electron chi connectivity index (χ1n) is 9.43. The van der Waals surface area contributed by atoms with E-state index in [0.29, 0.717) is 24.6 Å². The van der Waals surface area contributed by atoms with E-state index >= 15 is 0 Å². The average molecular weight is 433 g/mol. The Labute approximate surface area is 173 Å². The number of fused-ring (bicyclic) bond motifs is 1. The summed E-state index contributed by atoms with van der Waals surface area (Å²) in [7, 11) is -3.10. The molecule has 152 valence electrons. The molecular formula is C21H21FN2O3S2. The molecule has 2 aromatic rings. The molecule has 0 N–H and O–H groups in total. The maximum atomic E-state index is 13.2. The number of halogens is 1. The number of hydrogen-bond acceptors (Lipinski definition) is 4. The fraction of sp³-hybridized carbons (Fsp3) is 0.333. The minimum Gasteiger partial charge on any atom is -0.342 e. The zero-order valence-corrected chi connectivity index (χ0v) is 17.3. The zero-order valence-electron chi connectivity index (χ0n) is 15.7. The number of amides is 1. The van der Waals surface area contributed by atoms with Crippen LogP contribution in [0.3, 0.4) is 0 Å². The lowest BCUT2D eigenvalue weighted by atomic mass is 10.1. The summed E-state index contributed by atoms with van der Waals surface area (Å²) in [5.74, 6) is -0.387. The normalized spacial score (nSPS) is 24.0. The van der Waals surface area contributed by atoms with Crippen LogP contribution in [0, 0.1) is 5.82 Å². The summed E-state index contributed by atoms with van der Waals surface area (Å²) < 4.78 is 37.4. The molecule has 2 atom stereocenters. The number of sulfone groups is 1. The summed E-state index contributed by atoms with van der Waals surface area (Å²) in [6.07, 6.45) is 0.909. The monoisotopic (exact) mass is 432 g/mol. The molecular weight excluding hydrogens is 411 g/mol. The van der Waals surface area contributed by atoms with Gasteiger partial charge in [0.2, 0.25) is 5.91 Å². The number of nitrogens with zero attached hydrogens (tertiary/aromatic N) is 2. The lowest BCUT2D eigenvalue weighted by Gasteiger charge is -2.24. The molecule has 8 heteroatoms. The molecule has 2 saturated heterocycles. The molecule has 5 nitrogen and oxygen atoms in total. The van der Waals surface area contributed by atoms with Gasteiger partial charge in [0.25, 0.3) is 0 Å². The average Bonchev–Trinajstić information content (AvgIpc) is 3.15. The first kappa shape index (κ1) is 20.1. The highest BCUT2D eigenvalue weighted by Gasteiger charge is 2.48. The van der Waals surface area contributed by atoms with Crippen LogP contribution in [0.4, 0.5) is 4.39 Å². The Morgan fingerprint density at radius 3 is 2.52 bits per heavy atom. The van der Waals surface area contributed by atoms with Crippen LogP contribution in [0.25, 0.3) is 0 Å². The van der Waals surface area contributed by atoms with E-state index in [0.717, 1.165) is 11.1 Å². The van der Waals surface area contributed by atoms with Crippen LogP contribution in [-0.4, -0.2) is 47.2 Å². The van der Waals surface area contributed by atoms with Gasteiger partial charge in [-0.3, -0.25) is 4.79 Å². The molecule has 2 aromatic carbocycles. The van der Waals surface area contributed by atoms with Crippen LogP contribution in [0.2, 0.25) is 0 Å². The first-order valence-corrected chi connectivity index (χ1v) is 12.1. The summed E-state index contributed by atoms with van der Waals surface area (Å²) >= 11 is 1.37. The highest BCUT2D eigenvalue weighted by atomic mass is 32.2. The van der Waals surface area contributed by atoms with Crippen LogP contribution in [0.15, 0.2) is 59.6 Å². The zero-order chi connectivity index (χ0) is 20.4. The van der Waals surface area contributed by atoms with Crippen molar-refractivity contribution in [1.82, 2.24) is 4.90 Å². The van der Waals surface area contributed by atoms with Crippen LogP contribution < -0.4 is 0 Å². The number of carbonyl (C=O) groups is 1. The van der Waals surface area contributed by atoms with Crippen molar-refractivity contribution in [2.24, 2.45) is 4.99 Å². The fourth-order valence-corrected chi connectivity index (χ4v) is 7.63. The third-order valence-corrected chi connectivity index (χ3v) is 8.38. The van der Waals surface area contributed by atoms with E-state index < -0.39 is 9.84 Å². The highest BCUT2D eigenvalue weighted by molar-refractivity contribution is 8.15. The predicted molar refractivity (Wildman–Crippen MR) is 113 cm³/mol. The van der Waals surface area contributed by atoms with Gasteiger partial charge in [0.1, 0.15) is 5.82 Å². The Morgan fingerprint density at radius 2 is 1.79 bits per heavy atom. The van der Waals surface area contributed by atoms with E-state index in [1.807, 2.05) is 35.2 Å². The SMILES string of the molecule is O=C(CCc1ccccc1)N=C1S[C@@H]2CS(=O)(=O)C[C@@H]2N1Cc1ccc(F)cc1. The van der Waals surface area contributed by atoms with E-state index in [4.69, 9.17) is 0 Å². The van der Waals surface area contributed by atoms with Gasteiger partial charge in [-0.1, -0.05) is 54.2 Å². The molecule has 1 amide bonds. The fourth-order valence-electron chi connectivity index (χ4n) is 3.67. The minimum atomic E-state index is -3.10. The van der Waals surface area contributed by atoms with Crippen molar-refractivity contribution in [2.45, 2.75) is 30.7 Å². The molecule has 0 spiro atoms. The van der Waals surface area contributed by atoms with Gasteiger partial charge < -0.3 is 4.90 Å². The summed E-state index contributed by atoms with van der Waals surface area (Å²) in [6, 6.07) is 15.6. The number of carbonyl (C=O) groups excluding carboxylic acids is 1. The maximum absolute atomic E-state index is 13.2. The number of benzene rings is 2. The van der Waals surface area contributed by atoms with Crippen molar-refractivity contribution in [2.75, 3.05) is 11.5 Å². The summed E-state index contributed by atoms with van der Waals surface area (Å²) in [6.45, 7) is 0.398. The van der Waals surface area contributed by atoms with Gasteiger partial charge in [-0.2, -0.15) is 4.99 Å². The summed E-state index contributed by atoms with van der Waals surface area (Å²) in [5, 5.41) is 0.443. The number of aryl methyl sites for hydroxylation is 1. The molecule has 0 radical (unpaired) electrons. The first-order chi connectivity index (χ1) is 13.9. The molecule has 0 bridgehead atoms. The van der Waals surface area contributed by atoms with Gasteiger partial charge in [0.15, 0.2) is 15.0 Å². The van der Waals surface area contributed by atoms with Crippen molar-refractivity contribution >= 4 is 32.7 Å². The second kappa shape index (κ2) is 8.28. The second-order valence-corrected chi connectivity index (χ2v) is 10.7. The molecule has 0 aromatic heterocycles. The highest BCUT2D eigenvalue weighted by Crippen LogP contribution is 2.39. The number of thioether (sulfide) groups is 1. The van der Waals surface area contributed by atoms with Gasteiger partial charge in [0, 0.05) is 18.2 Å². The minimum absolute atomic E-state index is 0.0586. The molecule has 0 aliphatic carbocycles. The topological polar surface area (TPSA) is 66.8 Å². The van der Waals surface area contributed by atoms with Gasteiger partial charge in [-0.25, -0.2) is 12.8 Å². The van der Waals surface area contributed by atoms with Crippen LogP contribution >= 0.6 is 11.8 Å². The predicted octanol–water partition coefficient (Wildman–Crippen LogP) is 3.06. The van der Waals surface area contributed by atoms with Crippen LogP contribution in [0.1, 0.15) is 17.5 Å². The Hall–Kier alpha value is -2.19. The summed E-state index contributed by atoms with van der Waals surface area (Å²) in [5.41, 5.74) is 1.92. The number of amidine groups is 1. The number of rotatable bonds is 5. The Kier molecular flexibility index (Phi) is 5.74. The quantitative estimate of drug-likeness (QED) is 0.727. The van der Waals surface area contributed by atoms with E-state index in [1.54, 1.807) is 12.1 Å². The molecule has 0 saturated carbocycles. The van der Waals surface area contributed by atoms with Gasteiger partial charge in [0.05, 0.1) is 17.5 Å². The second-order valence-electron chi connectivity index (χ2n) is 7.33. The van der Waals surface area contributed by atoms with Gasteiger partial charge in [-0.15, -0.1) is 0 Å². The standard InChI is InChI=1S/C21H21FN2O3S2/c22-17-9-6-16(7-10-17)12-24-18-13-29(26,27)14-19(18)28-21(24)23-20(25)11-8-15-4-2-1-3-5-15/h1-7,9-10,18-19H,8,11-14H2/t18-,19+/m0/s1. The van der Waals surface area contributed by atoms with E-state index in [-0.39, 0.29) is 34.5 Å². The molecule has 4 rings (SSSR count). The van der Waals surface area contributed by atoms with Crippen molar-refractivity contribution in [3.63, 3.8) is 0 Å². The van der Waals surface area contributed by atoms with Crippen molar-refractivity contribution in [3.8, 4) is 0 Å². The Bertz CT molecular complexity index is 1020. The number of hydrogen-bond donors (Lipinski definition) is 0. The molecule has 2 fully saturated rings. The smallest absolute Gasteiger partial charge is 0.248 e. The van der Waals surface area contributed by atoms with Crippen molar-refractivity contribution in [3.05, 3.63) is 71.5 Å². The van der Waals surface area contributed by atoms with Gasteiger partial charge in [-0.05, 0) is 29.7 Å². The lowest BCUT2D eigenvalue weighted by molar-refractivity contribution is -0.117. The third-order valence-electron chi connectivity index (χ3n) is 5.13. The summed E-state index contributed by atoms with van der Waals surface area (Å²) in [4.78, 5) is 18.7. The van der Waals surface area contributed by atoms with E-state index in [1.165, 1.54) is 23.9 Å². The maximum Gasteiger partial charge on any atom is 0.248 e. The number of aliphatic imine (C=N–C) groups is 1. The molecule has 2 aliphatic rings. The molecule has 2 aliphatic heterocycles. The van der Waals surface area contributed by atoms with Crippen LogP contribution in [0.5, 0.6) is 0 Å². The lowest BCUT2D eigenvalue weighted by Crippen LogP contribution is -2.37. The van der Waals surface area contributed by atoms with Crippen LogP contribution in [-0.2, 0) is 27.6 Å². The molecule has 0 unspecified atom stereocenters. The van der Waals surface area contributed by atoms with Crippen molar-refractivity contribution in [1.29, 1.82) is 0 Å². The molecule has 2 heterocycles. The Balaban J connectivity index is 1.51. The Morgan fingerprint density at radius 1 is 1.07 bits per heavy atom. The third kappa shape index (κ3) is 4.87. The molecule has 29 heavy (non-hydrogen) atoms.